The number of hydrogen-bond acceptors (Lipinski definition) is 4. The molecule has 0 radical (unpaired) electrons. The van der Waals surface area contributed by atoms with Gasteiger partial charge in [0.25, 0.3) is 5.78 Å². The Morgan fingerprint density at radius 1 is 1.14 bits per heavy atom. The van der Waals surface area contributed by atoms with E-state index in [4.69, 9.17) is 21.1 Å². The number of likely N-dealkylation sites (tertiary alicyclic amines) is 1. The molecule has 0 aliphatic carbocycles. The average molecular weight is 402 g/mol. The molecular formula is C21H22ClN2O4+. The predicted octanol–water partition coefficient (Wildman–Crippen LogP) is 2.26. The van der Waals surface area contributed by atoms with Crippen molar-refractivity contribution in [2.45, 2.75) is 18.9 Å². The van der Waals surface area contributed by atoms with Crippen LogP contribution in [-0.4, -0.2) is 39.1 Å². The van der Waals surface area contributed by atoms with Crippen molar-refractivity contribution >= 4 is 29.0 Å². The molecule has 28 heavy (non-hydrogen) atoms. The number of carbonyl (C=O) groups excluding carboxylic acids is 2. The molecule has 7 heteroatoms. The van der Waals surface area contributed by atoms with Crippen LogP contribution in [-0.2, 0) is 4.79 Å². The lowest BCUT2D eigenvalue weighted by Gasteiger charge is -2.27. The Hall–Kier alpha value is -2.57. The van der Waals surface area contributed by atoms with Crippen LogP contribution in [0.2, 0.25) is 5.02 Å². The molecule has 2 aromatic rings. The van der Waals surface area contributed by atoms with E-state index in [1.807, 2.05) is 18.2 Å². The van der Waals surface area contributed by atoms with Crippen LogP contribution >= 0.6 is 11.6 Å². The van der Waals surface area contributed by atoms with Crippen LogP contribution < -0.4 is 19.3 Å². The molecule has 2 aliphatic rings. The first-order valence-electron chi connectivity index (χ1n) is 9.25. The van der Waals surface area contributed by atoms with Gasteiger partial charge in [-0.05, 0) is 30.3 Å². The maximum Gasteiger partial charge on any atom is 0.303 e. The zero-order chi connectivity index (χ0) is 19.8. The SMILES string of the molecule is COc1ccc([C@@H]2CCC[NH+]2CN2C(=O)C(=O)c3cc(Cl)ccc32)c(OC)c1. The van der Waals surface area contributed by atoms with Gasteiger partial charge < -0.3 is 14.4 Å². The number of carbonyl (C=O) groups is 2. The molecule has 1 fully saturated rings. The number of anilines is 1. The van der Waals surface area contributed by atoms with Gasteiger partial charge in [0.15, 0.2) is 6.67 Å². The van der Waals surface area contributed by atoms with E-state index in [2.05, 4.69) is 0 Å². The Morgan fingerprint density at radius 3 is 2.71 bits per heavy atom. The maximum atomic E-state index is 12.6. The maximum absolute atomic E-state index is 12.6. The molecule has 0 aromatic heterocycles. The van der Waals surface area contributed by atoms with Crippen molar-refractivity contribution in [3.8, 4) is 11.5 Å². The van der Waals surface area contributed by atoms with Gasteiger partial charge in [0.05, 0.1) is 37.6 Å². The Bertz CT molecular complexity index is 946. The topological polar surface area (TPSA) is 60.3 Å². The normalized spacial score (nSPS) is 21.2. The predicted molar refractivity (Wildman–Crippen MR) is 105 cm³/mol. The molecule has 1 N–H and O–H groups in total. The molecule has 2 heterocycles. The van der Waals surface area contributed by atoms with Crippen LogP contribution in [0.3, 0.4) is 0 Å². The van der Waals surface area contributed by atoms with Crippen LogP contribution in [0.5, 0.6) is 11.5 Å². The van der Waals surface area contributed by atoms with E-state index < -0.39 is 11.7 Å². The van der Waals surface area contributed by atoms with Crippen molar-refractivity contribution < 1.29 is 24.0 Å². The quantitative estimate of drug-likeness (QED) is 0.781. The van der Waals surface area contributed by atoms with Crippen molar-refractivity contribution in [2.24, 2.45) is 0 Å². The number of nitrogens with zero attached hydrogens (tertiary/aromatic N) is 1. The van der Waals surface area contributed by atoms with Crippen LogP contribution in [0.1, 0.15) is 34.8 Å². The number of nitrogens with one attached hydrogen (secondary N) is 1. The minimum absolute atomic E-state index is 0.181. The fraction of sp³-hybridized carbons (Fsp3) is 0.333. The lowest BCUT2D eigenvalue weighted by Crippen LogP contribution is -3.12. The molecule has 2 atom stereocenters. The second-order valence-corrected chi connectivity index (χ2v) is 7.53. The molecular weight excluding hydrogens is 380 g/mol. The van der Waals surface area contributed by atoms with E-state index >= 15 is 0 Å². The molecule has 6 nitrogen and oxygen atoms in total. The Balaban J connectivity index is 1.62. The van der Waals surface area contributed by atoms with Crippen molar-refractivity contribution in [1.29, 1.82) is 0 Å². The molecule has 1 unspecified atom stereocenters. The number of quaternary nitrogens is 1. The van der Waals surface area contributed by atoms with Crippen LogP contribution in [0, 0.1) is 0 Å². The number of Topliss-reactive ketones (excluding diaryl/α,β-unsaturated/α-hetero) is 1. The summed E-state index contributed by atoms with van der Waals surface area (Å²) < 4.78 is 10.9. The molecule has 2 aliphatic heterocycles. The van der Waals surface area contributed by atoms with E-state index in [9.17, 15) is 9.59 Å². The summed E-state index contributed by atoms with van der Waals surface area (Å²) >= 11 is 6.00. The molecule has 146 valence electrons. The number of ketones is 1. The number of benzene rings is 2. The molecule has 1 amide bonds. The molecule has 1 saturated heterocycles. The van der Waals surface area contributed by atoms with E-state index in [1.165, 1.54) is 4.90 Å². The van der Waals surface area contributed by atoms with Gasteiger partial charge in [-0.1, -0.05) is 11.6 Å². The summed E-state index contributed by atoms with van der Waals surface area (Å²) in [6.45, 7) is 1.35. The van der Waals surface area contributed by atoms with E-state index in [0.29, 0.717) is 22.9 Å². The summed E-state index contributed by atoms with van der Waals surface area (Å²) in [4.78, 5) is 27.8. The lowest BCUT2D eigenvalue weighted by molar-refractivity contribution is -0.917. The molecule has 4 rings (SSSR count). The molecule has 0 bridgehead atoms. The van der Waals surface area contributed by atoms with Crippen LogP contribution in [0.4, 0.5) is 5.69 Å². The number of amides is 1. The van der Waals surface area contributed by atoms with Crippen molar-refractivity contribution in [3.63, 3.8) is 0 Å². The Kier molecular flexibility index (Phi) is 5.00. The summed E-state index contributed by atoms with van der Waals surface area (Å²) in [5.74, 6) is 0.540. The van der Waals surface area contributed by atoms with E-state index in [-0.39, 0.29) is 6.04 Å². The van der Waals surface area contributed by atoms with Crippen molar-refractivity contribution in [1.82, 2.24) is 0 Å². The highest BCUT2D eigenvalue weighted by Crippen LogP contribution is 2.33. The number of fused-ring (bicyclic) bond motifs is 1. The minimum atomic E-state index is -0.491. The number of methoxy groups -OCH3 is 2. The third-order valence-electron chi connectivity index (χ3n) is 5.59. The Labute approximate surface area is 168 Å². The first-order chi connectivity index (χ1) is 13.5. The highest BCUT2D eigenvalue weighted by molar-refractivity contribution is 6.52. The van der Waals surface area contributed by atoms with Gasteiger partial charge in [-0.15, -0.1) is 0 Å². The molecule has 0 saturated carbocycles. The van der Waals surface area contributed by atoms with Crippen molar-refractivity contribution in [3.05, 3.63) is 52.5 Å². The highest BCUT2D eigenvalue weighted by Gasteiger charge is 2.41. The van der Waals surface area contributed by atoms with Gasteiger partial charge in [0.1, 0.15) is 17.5 Å². The number of hydrogen-bond donors (Lipinski definition) is 1. The zero-order valence-electron chi connectivity index (χ0n) is 15.8. The fourth-order valence-corrected chi connectivity index (χ4v) is 4.39. The number of ether oxygens (including phenoxy) is 2. The number of halogens is 1. The number of rotatable bonds is 5. The monoisotopic (exact) mass is 401 g/mol. The van der Waals surface area contributed by atoms with Crippen LogP contribution in [0.25, 0.3) is 0 Å². The molecule has 0 spiro atoms. The minimum Gasteiger partial charge on any atom is -0.497 e. The zero-order valence-corrected chi connectivity index (χ0v) is 16.6. The first kappa shape index (κ1) is 18.8. The van der Waals surface area contributed by atoms with Gasteiger partial charge in [-0.25, -0.2) is 0 Å². The summed E-state index contributed by atoms with van der Waals surface area (Å²) in [6.07, 6.45) is 2.03. The van der Waals surface area contributed by atoms with Gasteiger partial charge in [-0.2, -0.15) is 0 Å². The third kappa shape index (κ3) is 3.12. The fourth-order valence-electron chi connectivity index (χ4n) is 4.22. The average Bonchev–Trinajstić information content (AvgIpc) is 3.26. The lowest BCUT2D eigenvalue weighted by atomic mass is 10.0. The van der Waals surface area contributed by atoms with Crippen molar-refractivity contribution in [2.75, 3.05) is 32.3 Å². The van der Waals surface area contributed by atoms with Gasteiger partial charge in [0, 0.05) is 23.9 Å². The summed E-state index contributed by atoms with van der Waals surface area (Å²) in [5, 5.41) is 0.455. The van der Waals surface area contributed by atoms with Gasteiger partial charge in [-0.3, -0.25) is 14.5 Å². The third-order valence-corrected chi connectivity index (χ3v) is 5.83. The smallest absolute Gasteiger partial charge is 0.303 e. The Morgan fingerprint density at radius 2 is 1.96 bits per heavy atom. The van der Waals surface area contributed by atoms with E-state index in [0.717, 1.165) is 36.4 Å². The van der Waals surface area contributed by atoms with Crippen LogP contribution in [0.15, 0.2) is 36.4 Å². The second kappa shape index (κ2) is 7.45. The highest BCUT2D eigenvalue weighted by atomic mass is 35.5. The van der Waals surface area contributed by atoms with E-state index in [1.54, 1.807) is 37.3 Å². The van der Waals surface area contributed by atoms with Gasteiger partial charge in [0.2, 0.25) is 0 Å². The standard InChI is InChI=1S/C21H21ClN2O4/c1-27-14-6-7-15(19(11-14)28-2)17-4-3-9-23(17)12-24-18-8-5-13(22)10-16(18)20(25)21(24)26/h5-8,10-11,17H,3-4,9,12H2,1-2H3/p+1/t17-/m0/s1. The van der Waals surface area contributed by atoms with Gasteiger partial charge >= 0.3 is 5.91 Å². The summed E-state index contributed by atoms with van der Waals surface area (Å²) in [7, 11) is 3.27. The molecule has 2 aromatic carbocycles. The second-order valence-electron chi connectivity index (χ2n) is 7.09. The largest absolute Gasteiger partial charge is 0.497 e. The summed E-state index contributed by atoms with van der Waals surface area (Å²) in [6, 6.07) is 11.0. The first-order valence-corrected chi connectivity index (χ1v) is 9.63. The summed E-state index contributed by atoms with van der Waals surface area (Å²) in [5.41, 5.74) is 2.11.